The third kappa shape index (κ3) is 22.0. The van der Waals surface area contributed by atoms with Gasteiger partial charge in [-0.3, -0.25) is 13.7 Å². The Labute approximate surface area is 438 Å². The van der Waals surface area contributed by atoms with Gasteiger partial charge in [-0.25, -0.2) is 44.9 Å². The van der Waals surface area contributed by atoms with Crippen molar-refractivity contribution in [3.8, 4) is 0 Å². The van der Waals surface area contributed by atoms with E-state index in [2.05, 4.69) is 58.0 Å². The van der Waals surface area contributed by atoms with E-state index in [1.54, 1.807) is 57.3 Å². The van der Waals surface area contributed by atoms with Gasteiger partial charge in [0.2, 0.25) is 0 Å². The first kappa shape index (κ1) is 62.6. The molecule has 9 N–H and O–H groups in total. The molecule has 0 aliphatic heterocycles. The summed E-state index contributed by atoms with van der Waals surface area (Å²) in [6.45, 7) is 11.3. The number of nitrogens with zero attached hydrogens (tertiary/aromatic N) is 12. The van der Waals surface area contributed by atoms with Crippen molar-refractivity contribution in [1.29, 1.82) is 0 Å². The number of hydrogen-bond donors (Lipinski definition) is 6. The maximum atomic E-state index is 12.1. The van der Waals surface area contributed by atoms with Crippen LogP contribution in [-0.4, -0.2) is 142 Å². The Morgan fingerprint density at radius 3 is 1.22 bits per heavy atom. The molecule has 0 saturated carbocycles. The summed E-state index contributed by atoms with van der Waals surface area (Å²) in [6, 6.07) is 0. The molecule has 0 amide bonds. The van der Waals surface area contributed by atoms with E-state index in [9.17, 15) is 28.4 Å². The summed E-state index contributed by atoms with van der Waals surface area (Å²) in [5, 5.41) is 0. The summed E-state index contributed by atoms with van der Waals surface area (Å²) in [5.74, 6) is 2.07. The van der Waals surface area contributed by atoms with Crippen LogP contribution in [0.5, 0.6) is 0 Å². The molecule has 27 nitrogen and oxygen atoms in total. The Morgan fingerprint density at radius 2 is 0.865 bits per heavy atom. The van der Waals surface area contributed by atoms with Crippen LogP contribution in [0.4, 0.5) is 17.5 Å². The lowest BCUT2D eigenvalue weighted by Crippen LogP contribution is -2.17. The highest BCUT2D eigenvalue weighted by molar-refractivity contribution is 8.76. The number of nitrogen functional groups attached to an aromatic ring is 3. The molecule has 0 aromatic carbocycles. The summed E-state index contributed by atoms with van der Waals surface area (Å²) < 4.78 is 72.4. The zero-order valence-electron chi connectivity index (χ0n) is 42.7. The second-order valence-electron chi connectivity index (χ2n) is 16.8. The van der Waals surface area contributed by atoms with Gasteiger partial charge in [-0.2, -0.15) is 0 Å². The van der Waals surface area contributed by atoms with Crippen LogP contribution in [0.1, 0.15) is 86.0 Å². The van der Waals surface area contributed by atoms with Gasteiger partial charge >= 0.3 is 22.8 Å². The normalized spacial score (nSPS) is 15.4. The van der Waals surface area contributed by atoms with E-state index in [0.29, 0.717) is 77.0 Å². The molecule has 0 radical (unpaired) electrons. The minimum Gasteiger partial charge on any atom is -0.382 e. The van der Waals surface area contributed by atoms with Gasteiger partial charge in [0.05, 0.1) is 76.7 Å². The molecule has 6 rings (SSSR count). The lowest BCUT2D eigenvalue weighted by atomic mass is 10.2. The highest BCUT2D eigenvalue weighted by Gasteiger charge is 2.24. The van der Waals surface area contributed by atoms with Crippen LogP contribution in [0.3, 0.4) is 0 Å². The van der Waals surface area contributed by atoms with Gasteiger partial charge < -0.3 is 73.4 Å². The molecule has 0 bridgehead atoms. The number of hydrogen-bond acceptors (Lipinski definition) is 23. The van der Waals surface area contributed by atoms with Crippen LogP contribution < -0.4 is 17.2 Å². The predicted octanol–water partition coefficient (Wildman–Crippen LogP) is 7.09. The van der Waals surface area contributed by atoms with Crippen molar-refractivity contribution in [1.82, 2.24) is 58.6 Å². The summed E-state index contributed by atoms with van der Waals surface area (Å²) in [6.07, 6.45) is 16.4. The number of imidazole rings is 3. The molecule has 6 aromatic heterocycles. The van der Waals surface area contributed by atoms with Gasteiger partial charge in [0.1, 0.15) is 54.6 Å². The fraction of sp³-hybridized carbons (Fsp3) is 0.643. The Hall–Kier alpha value is -3.92. The van der Waals surface area contributed by atoms with Crippen LogP contribution in [-0.2, 0) is 61.1 Å². The summed E-state index contributed by atoms with van der Waals surface area (Å²) in [7, 11) is -7.56. The van der Waals surface area contributed by atoms with Crippen LogP contribution in [0, 0.1) is 0 Å². The van der Waals surface area contributed by atoms with E-state index in [4.69, 9.17) is 45.0 Å². The Bertz CT molecular complexity index is 2740. The van der Waals surface area contributed by atoms with Gasteiger partial charge in [0.25, 0.3) is 0 Å². The van der Waals surface area contributed by atoms with Gasteiger partial charge in [-0.1, -0.05) is 61.1 Å². The number of fused-ring (bicyclic) bond motifs is 3. The third-order valence-electron chi connectivity index (χ3n) is 10.3. The van der Waals surface area contributed by atoms with Gasteiger partial charge in [-0.05, 0) is 52.7 Å². The molecule has 3 unspecified atom stereocenters. The number of nitrogens with two attached hydrogens (primary N) is 3. The van der Waals surface area contributed by atoms with E-state index in [1.165, 1.54) is 19.0 Å². The molecule has 74 heavy (non-hydrogen) atoms. The van der Waals surface area contributed by atoms with Crippen LogP contribution >= 0.6 is 44.4 Å². The topological polar surface area (TPSA) is 376 Å². The number of unbranched alkanes of at least 4 members (excludes halogenated alkanes) is 5. The fourth-order valence-electron chi connectivity index (χ4n) is 6.56. The SMILES string of the molecule is CCCCCOP(=O)(O)CO[C@H](C)Cn1cnc2c(N)ncnc21.CCCOP(=O)(O)CO[C@H](C)Cn1cnc2c(N)ncnc21.CSSCCCCCCOP(=O)(O)CO[C@H](C)Cn1cnc2c(N)ncnc21. The smallest absolute Gasteiger partial charge is 0.353 e. The largest absolute Gasteiger partial charge is 0.382 e. The van der Waals surface area contributed by atoms with Crippen LogP contribution in [0.25, 0.3) is 33.5 Å². The quantitative estimate of drug-likeness (QED) is 0.0139. The lowest BCUT2D eigenvalue weighted by Gasteiger charge is -2.17. The number of ether oxygens (including phenoxy) is 3. The standard InChI is InChI=1S/C16H28N5O4PS2.C14H24N5O4P.C12H20N5O4P/c1-13(9-21-11-20-14-15(17)18-10-19-16(14)21)24-12-26(22,23)25-7-5-3-4-6-8-28-27-2;1-3-4-5-6-23-24(20,21)10-22-11(2)7-19-9-18-12-13(15)16-8-17-14(12)19;1-3-4-21-22(18,19)8-20-9(2)5-17-7-16-10-11(13)14-6-15-12(10)17/h10-11,13H,3-9,12H2,1-2H3,(H,22,23)(H2,17,18,19);8-9,11H,3-7,10H2,1-2H3,(H,20,21)(H2,15,16,17);6-7,9H,3-5,8H2,1-2H3,(H,18,19)(H2,13,14,15)/t13-;11-;9-/m111/s1. The van der Waals surface area contributed by atoms with Crippen molar-refractivity contribution in [2.24, 2.45) is 0 Å². The highest BCUT2D eigenvalue weighted by atomic mass is 33.1. The van der Waals surface area contributed by atoms with E-state index in [0.717, 1.165) is 50.7 Å². The molecular weight excluding hydrogens is 1060 g/mol. The van der Waals surface area contributed by atoms with E-state index in [1.807, 2.05) is 24.6 Å². The molecule has 6 atom stereocenters. The maximum Gasteiger partial charge on any atom is 0.353 e. The Kier molecular flexibility index (Phi) is 27.0. The maximum absolute atomic E-state index is 12.1. The van der Waals surface area contributed by atoms with Crippen molar-refractivity contribution < 1.29 is 56.2 Å². The summed E-state index contributed by atoms with van der Waals surface area (Å²) in [4.78, 5) is 65.8. The van der Waals surface area contributed by atoms with Crippen LogP contribution in [0.15, 0.2) is 38.0 Å². The van der Waals surface area contributed by atoms with Crippen LogP contribution in [0.2, 0.25) is 0 Å². The molecule has 0 spiro atoms. The lowest BCUT2D eigenvalue weighted by molar-refractivity contribution is 0.0715. The molecule has 0 fully saturated rings. The van der Waals surface area contributed by atoms with Gasteiger partial charge in [0, 0.05) is 5.75 Å². The predicted molar refractivity (Wildman–Crippen MR) is 287 cm³/mol. The molecule has 0 saturated heterocycles. The first-order valence-electron chi connectivity index (χ1n) is 23.9. The van der Waals surface area contributed by atoms with E-state index < -0.39 is 22.8 Å². The van der Waals surface area contributed by atoms with Gasteiger partial charge in [0.15, 0.2) is 34.4 Å². The minimum atomic E-state index is -3.76. The van der Waals surface area contributed by atoms with Gasteiger partial charge in [-0.15, -0.1) is 0 Å². The van der Waals surface area contributed by atoms with Crippen molar-refractivity contribution in [2.75, 3.05) is 68.1 Å². The van der Waals surface area contributed by atoms with Crippen molar-refractivity contribution >= 4 is 95.3 Å². The van der Waals surface area contributed by atoms with Crippen molar-refractivity contribution in [2.45, 2.75) is 124 Å². The molecule has 32 heteroatoms. The zero-order valence-corrected chi connectivity index (χ0v) is 47.0. The molecule has 414 valence electrons. The summed E-state index contributed by atoms with van der Waals surface area (Å²) in [5.41, 5.74) is 20.6. The first-order valence-corrected chi connectivity index (χ1v) is 31.9. The molecule has 6 aromatic rings. The monoisotopic (exact) mass is 1140 g/mol. The summed E-state index contributed by atoms with van der Waals surface area (Å²) >= 11 is 0. The highest BCUT2D eigenvalue weighted by Crippen LogP contribution is 2.44. The zero-order chi connectivity index (χ0) is 54.2. The number of aromatic nitrogens is 12. The van der Waals surface area contributed by atoms with E-state index >= 15 is 0 Å². The first-order chi connectivity index (χ1) is 35.3. The average Bonchev–Trinajstić information content (AvgIpc) is 4.10. The minimum absolute atomic E-state index is 0.230. The number of rotatable bonds is 32. The number of anilines is 3. The van der Waals surface area contributed by atoms with E-state index in [-0.39, 0.29) is 57.2 Å². The third-order valence-corrected chi connectivity index (χ3v) is 15.4. The molecule has 6 heterocycles. The fourth-order valence-corrected chi connectivity index (χ4v) is 10.8. The average molecular weight is 1140 g/mol. The molecular formula is C42H72N15O12P3S2. The van der Waals surface area contributed by atoms with Crippen molar-refractivity contribution in [3.05, 3.63) is 38.0 Å². The molecule has 0 aliphatic carbocycles. The molecule has 0 aliphatic rings. The Morgan fingerprint density at radius 1 is 0.514 bits per heavy atom. The second kappa shape index (κ2) is 32.0. The van der Waals surface area contributed by atoms with Crippen molar-refractivity contribution in [3.63, 3.8) is 0 Å². The second-order valence-corrected chi connectivity index (χ2v) is 24.9. The Balaban J connectivity index is 0.000000242.